The van der Waals surface area contributed by atoms with E-state index in [1.807, 2.05) is 19.1 Å². The van der Waals surface area contributed by atoms with Gasteiger partial charge in [0.05, 0.1) is 5.92 Å². The van der Waals surface area contributed by atoms with Crippen LogP contribution in [0, 0.1) is 5.82 Å². The molecule has 2 rings (SSSR count). The molecule has 0 aliphatic rings. The Morgan fingerprint density at radius 1 is 1.20 bits per heavy atom. The quantitative estimate of drug-likeness (QED) is 0.872. The van der Waals surface area contributed by atoms with E-state index < -0.39 is 0 Å². The lowest BCUT2D eigenvalue weighted by atomic mass is 9.99. The van der Waals surface area contributed by atoms with Gasteiger partial charge in [-0.2, -0.15) is 0 Å². The number of hydrogen-bond acceptors (Lipinski definition) is 2. The lowest BCUT2D eigenvalue weighted by molar-refractivity contribution is -0.119. The monoisotopic (exact) mass is 272 g/mol. The summed E-state index contributed by atoms with van der Waals surface area (Å²) in [6, 6.07) is 13.1. The fraction of sp³-hybridized carbons (Fsp3) is 0.188. The van der Waals surface area contributed by atoms with Crippen molar-refractivity contribution in [3.8, 4) is 0 Å². The third-order valence-electron chi connectivity index (χ3n) is 3.33. The maximum Gasteiger partial charge on any atom is 0.233 e. The molecule has 0 aliphatic heterocycles. The number of nitrogen functional groups attached to an aromatic ring is 1. The van der Waals surface area contributed by atoms with Crippen molar-refractivity contribution in [2.45, 2.75) is 12.8 Å². The van der Waals surface area contributed by atoms with Crippen molar-refractivity contribution >= 4 is 17.3 Å². The first-order valence-corrected chi connectivity index (χ1v) is 6.37. The number of nitrogens with two attached hydrogens (primary N) is 1. The fourth-order valence-electron chi connectivity index (χ4n) is 2.05. The number of carbonyl (C=O) groups excluding carboxylic acids is 1. The molecule has 20 heavy (non-hydrogen) atoms. The Bertz CT molecular complexity index is 610. The van der Waals surface area contributed by atoms with Crippen LogP contribution < -0.4 is 10.6 Å². The first-order chi connectivity index (χ1) is 9.49. The minimum absolute atomic E-state index is 0.0674. The zero-order valence-electron chi connectivity index (χ0n) is 11.5. The van der Waals surface area contributed by atoms with Gasteiger partial charge in [-0.1, -0.05) is 12.1 Å². The first-order valence-electron chi connectivity index (χ1n) is 6.37. The lowest BCUT2D eigenvalue weighted by Crippen LogP contribution is -2.30. The van der Waals surface area contributed by atoms with Crippen molar-refractivity contribution in [2.24, 2.45) is 0 Å². The Morgan fingerprint density at radius 3 is 2.45 bits per heavy atom. The van der Waals surface area contributed by atoms with Crippen LogP contribution in [0.5, 0.6) is 0 Å². The van der Waals surface area contributed by atoms with Gasteiger partial charge in [0.2, 0.25) is 5.91 Å². The predicted molar refractivity (Wildman–Crippen MR) is 79.1 cm³/mol. The summed E-state index contributed by atoms with van der Waals surface area (Å²) in [5.74, 6) is -0.700. The minimum Gasteiger partial charge on any atom is -0.399 e. The van der Waals surface area contributed by atoms with Crippen LogP contribution in [-0.4, -0.2) is 13.0 Å². The van der Waals surface area contributed by atoms with E-state index in [1.54, 1.807) is 31.3 Å². The van der Waals surface area contributed by atoms with Gasteiger partial charge in [-0.05, 0) is 48.9 Å². The number of amides is 1. The zero-order valence-corrected chi connectivity index (χ0v) is 11.5. The van der Waals surface area contributed by atoms with Gasteiger partial charge < -0.3 is 10.6 Å². The van der Waals surface area contributed by atoms with E-state index in [-0.39, 0.29) is 17.6 Å². The summed E-state index contributed by atoms with van der Waals surface area (Å²) in [6.07, 6.45) is 0. The van der Waals surface area contributed by atoms with Gasteiger partial charge in [-0.3, -0.25) is 4.79 Å². The molecule has 0 heterocycles. The molecule has 0 spiro atoms. The number of rotatable bonds is 3. The van der Waals surface area contributed by atoms with Gasteiger partial charge >= 0.3 is 0 Å². The molecular formula is C16H17FN2O. The van der Waals surface area contributed by atoms with Crippen LogP contribution >= 0.6 is 0 Å². The van der Waals surface area contributed by atoms with Crippen molar-refractivity contribution in [1.29, 1.82) is 0 Å². The van der Waals surface area contributed by atoms with Crippen LogP contribution in [0.2, 0.25) is 0 Å². The third-order valence-corrected chi connectivity index (χ3v) is 3.33. The van der Waals surface area contributed by atoms with Crippen LogP contribution in [0.1, 0.15) is 18.4 Å². The summed E-state index contributed by atoms with van der Waals surface area (Å²) in [4.78, 5) is 14.0. The maximum absolute atomic E-state index is 12.9. The topological polar surface area (TPSA) is 46.3 Å². The molecule has 0 aliphatic carbocycles. The fourth-order valence-corrected chi connectivity index (χ4v) is 2.05. The van der Waals surface area contributed by atoms with Crippen LogP contribution in [0.15, 0.2) is 48.5 Å². The molecule has 0 radical (unpaired) electrons. The molecule has 1 atom stereocenters. The van der Waals surface area contributed by atoms with E-state index in [1.165, 1.54) is 17.0 Å². The van der Waals surface area contributed by atoms with Gasteiger partial charge in [0.1, 0.15) is 5.82 Å². The number of anilines is 2. The Kier molecular flexibility index (Phi) is 4.03. The molecule has 0 aromatic heterocycles. The second kappa shape index (κ2) is 5.74. The summed E-state index contributed by atoms with van der Waals surface area (Å²) in [5, 5.41) is 0. The van der Waals surface area contributed by atoms with Crippen LogP contribution in [0.25, 0.3) is 0 Å². The highest BCUT2D eigenvalue weighted by atomic mass is 19.1. The van der Waals surface area contributed by atoms with Gasteiger partial charge in [0, 0.05) is 18.4 Å². The van der Waals surface area contributed by atoms with Crippen molar-refractivity contribution in [1.82, 2.24) is 0 Å². The predicted octanol–water partition coefficient (Wildman–Crippen LogP) is 3.17. The minimum atomic E-state index is -0.321. The molecule has 2 aromatic rings. The molecule has 0 fully saturated rings. The van der Waals surface area contributed by atoms with Crippen molar-refractivity contribution in [2.75, 3.05) is 17.7 Å². The second-order valence-corrected chi connectivity index (χ2v) is 4.77. The number of nitrogens with zero attached hydrogens (tertiary/aromatic N) is 1. The van der Waals surface area contributed by atoms with Gasteiger partial charge in [-0.15, -0.1) is 0 Å². The summed E-state index contributed by atoms with van der Waals surface area (Å²) in [5.41, 5.74) is 7.89. The molecular weight excluding hydrogens is 255 g/mol. The summed E-state index contributed by atoms with van der Waals surface area (Å²) < 4.78 is 12.9. The normalized spacial score (nSPS) is 11.9. The largest absolute Gasteiger partial charge is 0.399 e. The molecule has 1 amide bonds. The highest BCUT2D eigenvalue weighted by Gasteiger charge is 2.20. The molecule has 0 saturated heterocycles. The molecule has 4 heteroatoms. The van der Waals surface area contributed by atoms with Crippen molar-refractivity contribution < 1.29 is 9.18 Å². The molecule has 2 N–H and O–H groups in total. The summed E-state index contributed by atoms with van der Waals surface area (Å²) >= 11 is 0. The van der Waals surface area contributed by atoms with Crippen molar-refractivity contribution in [3.05, 3.63) is 59.9 Å². The van der Waals surface area contributed by atoms with Crippen LogP contribution in [0.3, 0.4) is 0 Å². The van der Waals surface area contributed by atoms with E-state index in [0.29, 0.717) is 11.4 Å². The Labute approximate surface area is 117 Å². The molecule has 0 bridgehead atoms. The number of benzene rings is 2. The Balaban J connectivity index is 2.20. The number of halogens is 1. The SMILES string of the molecule is CC(C(=O)N(C)c1ccc(F)cc1)c1cccc(N)c1. The van der Waals surface area contributed by atoms with E-state index >= 15 is 0 Å². The average Bonchev–Trinajstić information content (AvgIpc) is 2.46. The van der Waals surface area contributed by atoms with Crippen LogP contribution in [-0.2, 0) is 4.79 Å². The van der Waals surface area contributed by atoms with Gasteiger partial charge in [0.15, 0.2) is 0 Å². The molecule has 2 aromatic carbocycles. The van der Waals surface area contributed by atoms with E-state index in [2.05, 4.69) is 0 Å². The standard InChI is InChI=1S/C16H17FN2O/c1-11(12-4-3-5-14(18)10-12)16(20)19(2)15-8-6-13(17)7-9-15/h3-11H,18H2,1-2H3. The summed E-state index contributed by atoms with van der Waals surface area (Å²) in [7, 11) is 1.68. The number of carbonyl (C=O) groups is 1. The second-order valence-electron chi connectivity index (χ2n) is 4.77. The van der Waals surface area contributed by atoms with Crippen molar-refractivity contribution in [3.63, 3.8) is 0 Å². The molecule has 1 unspecified atom stereocenters. The van der Waals surface area contributed by atoms with Gasteiger partial charge in [-0.25, -0.2) is 4.39 Å². The Morgan fingerprint density at radius 2 is 1.85 bits per heavy atom. The van der Waals surface area contributed by atoms with E-state index in [4.69, 9.17) is 5.73 Å². The Hall–Kier alpha value is -2.36. The average molecular weight is 272 g/mol. The van der Waals surface area contributed by atoms with E-state index in [0.717, 1.165) is 5.56 Å². The highest BCUT2D eigenvalue weighted by molar-refractivity contribution is 5.97. The molecule has 104 valence electrons. The number of hydrogen-bond donors (Lipinski definition) is 1. The smallest absolute Gasteiger partial charge is 0.233 e. The summed E-state index contributed by atoms with van der Waals surface area (Å²) in [6.45, 7) is 1.83. The number of likely N-dealkylation sites (N-methyl/N-ethyl adjacent to an activating group) is 1. The maximum atomic E-state index is 12.9. The van der Waals surface area contributed by atoms with Crippen LogP contribution in [0.4, 0.5) is 15.8 Å². The zero-order chi connectivity index (χ0) is 14.7. The van der Waals surface area contributed by atoms with Gasteiger partial charge in [0.25, 0.3) is 0 Å². The molecule has 0 saturated carbocycles. The highest BCUT2D eigenvalue weighted by Crippen LogP contribution is 2.23. The molecule has 3 nitrogen and oxygen atoms in total. The lowest BCUT2D eigenvalue weighted by Gasteiger charge is -2.22. The first kappa shape index (κ1) is 14.1. The van der Waals surface area contributed by atoms with E-state index in [9.17, 15) is 9.18 Å². The third kappa shape index (κ3) is 2.96.